The van der Waals surface area contributed by atoms with Crippen LogP contribution in [-0.2, 0) is 6.42 Å². The number of rotatable bonds is 7. The summed E-state index contributed by atoms with van der Waals surface area (Å²) in [4.78, 5) is 0. The van der Waals surface area contributed by atoms with E-state index in [2.05, 4.69) is 23.5 Å². The average Bonchev–Trinajstić information content (AvgIpc) is 2.39. The number of nitrogens with one attached hydrogen (secondary N) is 1. The van der Waals surface area contributed by atoms with E-state index in [1.807, 2.05) is 26.0 Å². The summed E-state index contributed by atoms with van der Waals surface area (Å²) in [6.07, 6.45) is 1.88. The Bertz CT molecular complexity index is 390. The highest BCUT2D eigenvalue weighted by Crippen LogP contribution is 2.17. The number of nitrogens with zero attached hydrogens (tertiary/aromatic N) is 1. The monoisotopic (exact) mass is 246 g/mol. The zero-order valence-corrected chi connectivity index (χ0v) is 11.5. The third kappa shape index (κ3) is 5.20. The maximum Gasteiger partial charge on any atom is 0.118 e. The molecule has 0 aromatic heterocycles. The molecule has 0 atom stereocenters. The quantitative estimate of drug-likeness (QED) is 0.752. The fraction of sp³-hybridized carbons (Fsp3) is 0.533. The Morgan fingerprint density at radius 2 is 1.89 bits per heavy atom. The van der Waals surface area contributed by atoms with Crippen molar-refractivity contribution in [3.05, 3.63) is 29.8 Å². The van der Waals surface area contributed by atoms with Crippen molar-refractivity contribution < 1.29 is 4.74 Å². The van der Waals surface area contributed by atoms with E-state index < -0.39 is 0 Å². The predicted octanol–water partition coefficient (Wildman–Crippen LogP) is 2.77. The molecule has 0 saturated heterocycles. The first kappa shape index (κ1) is 14.5. The van der Waals surface area contributed by atoms with Crippen molar-refractivity contribution in [2.75, 3.05) is 20.2 Å². The Labute approximate surface area is 110 Å². The summed E-state index contributed by atoms with van der Waals surface area (Å²) >= 11 is 0. The smallest absolute Gasteiger partial charge is 0.118 e. The first-order valence-electron chi connectivity index (χ1n) is 6.32. The molecule has 1 aromatic carbocycles. The van der Waals surface area contributed by atoms with Crippen LogP contribution in [0.4, 0.5) is 0 Å². The van der Waals surface area contributed by atoms with Crippen LogP contribution < -0.4 is 10.1 Å². The number of nitriles is 1. The van der Waals surface area contributed by atoms with Crippen molar-refractivity contribution in [3.63, 3.8) is 0 Å². The number of hydrogen-bond donors (Lipinski definition) is 1. The normalized spacial score (nSPS) is 11.0. The SMILES string of the molecule is COc1ccc(CCNCCC(C)(C)C#N)cc1. The molecule has 0 aliphatic rings. The van der Waals surface area contributed by atoms with Crippen LogP contribution >= 0.6 is 0 Å². The van der Waals surface area contributed by atoms with Gasteiger partial charge < -0.3 is 10.1 Å². The number of methoxy groups -OCH3 is 1. The van der Waals surface area contributed by atoms with E-state index in [0.29, 0.717) is 0 Å². The number of benzene rings is 1. The first-order valence-corrected chi connectivity index (χ1v) is 6.32. The Balaban J connectivity index is 2.20. The second-order valence-corrected chi connectivity index (χ2v) is 5.09. The molecule has 1 aromatic rings. The summed E-state index contributed by atoms with van der Waals surface area (Å²) in [5, 5.41) is 12.3. The van der Waals surface area contributed by atoms with Crippen molar-refractivity contribution in [2.24, 2.45) is 5.41 Å². The first-order chi connectivity index (χ1) is 8.57. The van der Waals surface area contributed by atoms with Gasteiger partial charge in [0.25, 0.3) is 0 Å². The Kier molecular flexibility index (Phi) is 5.67. The highest BCUT2D eigenvalue weighted by molar-refractivity contribution is 5.27. The van der Waals surface area contributed by atoms with Gasteiger partial charge in [-0.1, -0.05) is 12.1 Å². The van der Waals surface area contributed by atoms with Gasteiger partial charge in [-0.2, -0.15) is 5.26 Å². The van der Waals surface area contributed by atoms with Crippen LogP contribution in [0.5, 0.6) is 5.75 Å². The van der Waals surface area contributed by atoms with E-state index >= 15 is 0 Å². The van der Waals surface area contributed by atoms with E-state index in [4.69, 9.17) is 10.00 Å². The lowest BCUT2D eigenvalue weighted by Crippen LogP contribution is -2.23. The molecule has 0 bridgehead atoms. The summed E-state index contributed by atoms with van der Waals surface area (Å²) in [6, 6.07) is 10.4. The van der Waals surface area contributed by atoms with E-state index in [0.717, 1.165) is 31.7 Å². The molecule has 3 heteroatoms. The minimum atomic E-state index is -0.229. The topological polar surface area (TPSA) is 45.0 Å². The molecule has 98 valence electrons. The van der Waals surface area contributed by atoms with E-state index in [-0.39, 0.29) is 5.41 Å². The minimum absolute atomic E-state index is 0.229. The van der Waals surface area contributed by atoms with Gasteiger partial charge in [0.2, 0.25) is 0 Å². The molecule has 1 rings (SSSR count). The lowest BCUT2D eigenvalue weighted by molar-refractivity contribution is 0.414. The van der Waals surface area contributed by atoms with Gasteiger partial charge in [-0.15, -0.1) is 0 Å². The van der Waals surface area contributed by atoms with Crippen molar-refractivity contribution in [3.8, 4) is 11.8 Å². The second kappa shape index (κ2) is 7.03. The molecular weight excluding hydrogens is 224 g/mol. The summed E-state index contributed by atoms with van der Waals surface area (Å²) in [5.41, 5.74) is 1.07. The lowest BCUT2D eigenvalue weighted by Gasteiger charge is -2.15. The maximum absolute atomic E-state index is 8.89. The second-order valence-electron chi connectivity index (χ2n) is 5.09. The van der Waals surface area contributed by atoms with Crippen LogP contribution in [0.3, 0.4) is 0 Å². The Morgan fingerprint density at radius 1 is 1.22 bits per heavy atom. The Morgan fingerprint density at radius 3 is 2.44 bits per heavy atom. The lowest BCUT2D eigenvalue weighted by atomic mass is 9.91. The molecule has 0 radical (unpaired) electrons. The van der Waals surface area contributed by atoms with Gasteiger partial charge in [0.1, 0.15) is 5.75 Å². The summed E-state index contributed by atoms with van der Waals surface area (Å²) < 4.78 is 5.12. The van der Waals surface area contributed by atoms with E-state index in [1.54, 1.807) is 7.11 Å². The fourth-order valence-corrected chi connectivity index (χ4v) is 1.61. The van der Waals surface area contributed by atoms with Crippen LogP contribution in [0.2, 0.25) is 0 Å². The molecule has 0 unspecified atom stereocenters. The highest BCUT2D eigenvalue weighted by Gasteiger charge is 2.15. The van der Waals surface area contributed by atoms with Gasteiger partial charge in [-0.25, -0.2) is 0 Å². The van der Waals surface area contributed by atoms with Crippen LogP contribution in [0.15, 0.2) is 24.3 Å². The summed E-state index contributed by atoms with van der Waals surface area (Å²) in [7, 11) is 1.67. The summed E-state index contributed by atoms with van der Waals surface area (Å²) in [5.74, 6) is 0.891. The standard InChI is InChI=1S/C15H22N2O/c1-15(2,12-16)9-11-17-10-8-13-4-6-14(18-3)7-5-13/h4-7,17H,8-11H2,1-3H3. The molecule has 1 N–H and O–H groups in total. The van der Waals surface area contributed by atoms with Crippen LogP contribution in [0.25, 0.3) is 0 Å². The average molecular weight is 246 g/mol. The molecule has 3 nitrogen and oxygen atoms in total. The van der Waals surface area contributed by atoms with Crippen molar-refractivity contribution in [1.29, 1.82) is 5.26 Å². The molecule has 0 fully saturated rings. The summed E-state index contributed by atoms with van der Waals surface area (Å²) in [6.45, 7) is 5.76. The molecule has 0 saturated carbocycles. The molecule has 0 amide bonds. The third-order valence-corrected chi connectivity index (χ3v) is 2.98. The van der Waals surface area contributed by atoms with E-state index in [1.165, 1.54) is 5.56 Å². The van der Waals surface area contributed by atoms with Gasteiger partial charge in [-0.3, -0.25) is 0 Å². The van der Waals surface area contributed by atoms with Crippen molar-refractivity contribution >= 4 is 0 Å². The molecule has 0 heterocycles. The van der Waals surface area contributed by atoms with Crippen molar-refractivity contribution in [1.82, 2.24) is 5.32 Å². The zero-order chi connectivity index (χ0) is 13.4. The minimum Gasteiger partial charge on any atom is -0.497 e. The van der Waals surface area contributed by atoms with Gasteiger partial charge in [0.15, 0.2) is 0 Å². The molecule has 0 aliphatic carbocycles. The largest absolute Gasteiger partial charge is 0.497 e. The number of hydrogen-bond acceptors (Lipinski definition) is 3. The van der Waals surface area contributed by atoms with Crippen LogP contribution in [0, 0.1) is 16.7 Å². The van der Waals surface area contributed by atoms with Crippen LogP contribution in [0.1, 0.15) is 25.8 Å². The third-order valence-electron chi connectivity index (χ3n) is 2.98. The molecule has 0 spiro atoms. The predicted molar refractivity (Wildman–Crippen MR) is 73.6 cm³/mol. The number of ether oxygens (including phenoxy) is 1. The van der Waals surface area contributed by atoms with Gasteiger partial charge in [-0.05, 0) is 57.5 Å². The van der Waals surface area contributed by atoms with Gasteiger partial charge >= 0.3 is 0 Å². The highest BCUT2D eigenvalue weighted by atomic mass is 16.5. The van der Waals surface area contributed by atoms with Gasteiger partial charge in [0, 0.05) is 0 Å². The molecule has 18 heavy (non-hydrogen) atoms. The van der Waals surface area contributed by atoms with E-state index in [9.17, 15) is 0 Å². The van der Waals surface area contributed by atoms with Gasteiger partial charge in [0.05, 0.1) is 18.6 Å². The zero-order valence-electron chi connectivity index (χ0n) is 11.5. The molecular formula is C15H22N2O. The van der Waals surface area contributed by atoms with Crippen LogP contribution in [-0.4, -0.2) is 20.2 Å². The van der Waals surface area contributed by atoms with Crippen molar-refractivity contribution in [2.45, 2.75) is 26.7 Å². The molecule has 0 aliphatic heterocycles. The maximum atomic E-state index is 8.89. The fourth-order valence-electron chi connectivity index (χ4n) is 1.61. The Hall–Kier alpha value is -1.53.